The van der Waals surface area contributed by atoms with Gasteiger partial charge in [-0.15, -0.1) is 0 Å². The molecule has 0 saturated carbocycles. The van der Waals surface area contributed by atoms with Crippen molar-refractivity contribution in [2.24, 2.45) is 14.1 Å². The van der Waals surface area contributed by atoms with Gasteiger partial charge in [-0.1, -0.05) is 41.9 Å². The minimum absolute atomic E-state index is 0.0525. The lowest BCUT2D eigenvalue weighted by Gasteiger charge is -2.40. The monoisotopic (exact) mass is 833 g/mol. The molecule has 2 aromatic carbocycles. The van der Waals surface area contributed by atoms with Crippen LogP contribution in [0.3, 0.4) is 0 Å². The predicted octanol–water partition coefficient (Wildman–Crippen LogP) is 5.98. The second kappa shape index (κ2) is 15.3. The van der Waals surface area contributed by atoms with Crippen LogP contribution in [0.15, 0.2) is 52.1 Å². The fraction of sp³-hybridized carbons (Fsp3) is 0.415. The summed E-state index contributed by atoms with van der Waals surface area (Å²) in [6.07, 6.45) is -1.55. The van der Waals surface area contributed by atoms with Crippen molar-refractivity contribution in [2.45, 2.75) is 50.4 Å². The molecule has 2 atom stereocenters. The zero-order valence-corrected chi connectivity index (χ0v) is 33.9. The SMILES string of the molecule is COCCN1CC[C@]2(CCN([C@@H]3CCc4cc(-c5cccc(-c6cccc(Nc7nc(C(F)(F)F)nc8c7c(=O)n(C)c(=O)n8C)c6C)c5Cl)nc(OC)c43)C2)NC1=O. The molecule has 1 spiro atoms. The molecule has 2 saturated heterocycles. The van der Waals surface area contributed by atoms with Gasteiger partial charge in [0.05, 0.1) is 30.0 Å². The average molecular weight is 834 g/mol. The third-order valence-corrected chi connectivity index (χ3v) is 12.3. The molecular weight excluding hydrogens is 791 g/mol. The topological polar surface area (TPSA) is 149 Å². The number of methoxy groups -OCH3 is 2. The van der Waals surface area contributed by atoms with Crippen LogP contribution in [-0.4, -0.2) is 92.5 Å². The van der Waals surface area contributed by atoms with Gasteiger partial charge in [0.15, 0.2) is 5.65 Å². The summed E-state index contributed by atoms with van der Waals surface area (Å²) < 4.78 is 54.8. The second-order valence-electron chi connectivity index (χ2n) is 15.4. The van der Waals surface area contributed by atoms with E-state index in [0.29, 0.717) is 64.2 Å². The van der Waals surface area contributed by atoms with E-state index < -0.39 is 34.7 Å². The lowest BCUT2D eigenvalue weighted by Crippen LogP contribution is -2.61. The summed E-state index contributed by atoms with van der Waals surface area (Å²) in [5.74, 6) is -1.39. The lowest BCUT2D eigenvalue weighted by atomic mass is 9.92. The molecular formula is C41H43ClF3N9O5. The number of hydrogen-bond donors (Lipinski definition) is 2. The van der Waals surface area contributed by atoms with Crippen molar-refractivity contribution >= 4 is 40.2 Å². The molecule has 2 amide bonds. The quantitative estimate of drug-likeness (QED) is 0.182. The number of alkyl halides is 3. The predicted molar refractivity (Wildman–Crippen MR) is 216 cm³/mol. The fourth-order valence-corrected chi connectivity index (χ4v) is 9.08. The Morgan fingerprint density at radius 1 is 0.983 bits per heavy atom. The van der Waals surface area contributed by atoms with Crippen molar-refractivity contribution < 1.29 is 27.4 Å². The molecule has 5 heterocycles. The van der Waals surface area contributed by atoms with E-state index in [4.69, 9.17) is 26.1 Å². The molecule has 2 N–H and O–H groups in total. The minimum atomic E-state index is -4.96. The number of nitrogens with zero attached hydrogens (tertiary/aromatic N) is 7. The normalized spacial score (nSPS) is 19.4. The number of benzene rings is 2. The zero-order chi connectivity index (χ0) is 42.0. The van der Waals surface area contributed by atoms with E-state index in [2.05, 4.69) is 31.6 Å². The molecule has 0 bridgehead atoms. The number of carbonyl (C=O) groups excluding carboxylic acids is 1. The van der Waals surface area contributed by atoms with Gasteiger partial charge in [-0.05, 0) is 61.4 Å². The summed E-state index contributed by atoms with van der Waals surface area (Å²) in [5.41, 5.74) is 3.31. The number of rotatable bonds is 9. The van der Waals surface area contributed by atoms with Crippen LogP contribution in [0.1, 0.15) is 47.8 Å². The van der Waals surface area contributed by atoms with Crippen LogP contribution < -0.4 is 26.6 Å². The van der Waals surface area contributed by atoms with Crippen molar-refractivity contribution in [3.63, 3.8) is 0 Å². The summed E-state index contributed by atoms with van der Waals surface area (Å²) in [7, 11) is 5.71. The molecule has 8 rings (SSSR count). The zero-order valence-electron chi connectivity index (χ0n) is 33.2. The maximum absolute atomic E-state index is 14.0. The van der Waals surface area contributed by atoms with Gasteiger partial charge in [-0.3, -0.25) is 18.8 Å². The van der Waals surface area contributed by atoms with Crippen LogP contribution >= 0.6 is 11.6 Å². The van der Waals surface area contributed by atoms with Crippen LogP contribution in [-0.2, 0) is 31.4 Å². The molecule has 310 valence electrons. The molecule has 0 unspecified atom stereocenters. The Balaban J connectivity index is 1.10. The van der Waals surface area contributed by atoms with Crippen molar-refractivity contribution in [1.29, 1.82) is 0 Å². The van der Waals surface area contributed by atoms with Gasteiger partial charge in [0.2, 0.25) is 11.7 Å². The van der Waals surface area contributed by atoms with Gasteiger partial charge in [0.1, 0.15) is 11.2 Å². The number of aryl methyl sites for hydroxylation is 2. The number of fused-ring (bicyclic) bond motifs is 2. The van der Waals surface area contributed by atoms with E-state index in [9.17, 15) is 27.6 Å². The molecule has 14 nitrogen and oxygen atoms in total. The average Bonchev–Trinajstić information content (AvgIpc) is 3.83. The van der Waals surface area contributed by atoms with Crippen molar-refractivity contribution in [3.05, 3.63) is 90.8 Å². The smallest absolute Gasteiger partial charge is 0.451 e. The highest BCUT2D eigenvalue weighted by atomic mass is 35.5. The Morgan fingerprint density at radius 3 is 2.44 bits per heavy atom. The standard InChI is InChI=1S/C41H43ClF3N9O5/c1-22-24(8-7-11-27(22)46-33-31-34(49-37(48-33)41(43,44)45)51(2)39(57)52(3)36(31)55)25-9-6-10-26(32(25)42)28-20-23-12-13-29(30(23)35(47-28)59-5)54-17-15-40(21-54)14-16-53(18-19-58-4)38(56)50-40/h6-11,20,29H,12-19,21H2,1-5H3,(H,50,56)(H,46,48,49)/t29-,40-/m1/s1. The number of likely N-dealkylation sites (tertiary alicyclic amines) is 1. The summed E-state index contributed by atoms with van der Waals surface area (Å²) >= 11 is 7.22. The van der Waals surface area contributed by atoms with Gasteiger partial charge in [0.25, 0.3) is 5.56 Å². The number of anilines is 2. The first-order valence-electron chi connectivity index (χ1n) is 19.2. The molecule has 1 aliphatic carbocycles. The number of halogens is 4. The Hall–Kier alpha value is -5.52. The molecule has 59 heavy (non-hydrogen) atoms. The Morgan fingerprint density at radius 2 is 1.71 bits per heavy atom. The van der Waals surface area contributed by atoms with E-state index in [-0.39, 0.29) is 23.0 Å². The first-order valence-corrected chi connectivity index (χ1v) is 19.6. The number of amides is 2. The van der Waals surface area contributed by atoms with Crippen LogP contribution in [0, 0.1) is 6.92 Å². The van der Waals surface area contributed by atoms with E-state index in [0.717, 1.165) is 59.0 Å². The number of carbonyl (C=O) groups is 1. The molecule has 2 aliphatic heterocycles. The highest BCUT2D eigenvalue weighted by molar-refractivity contribution is 6.36. The third-order valence-electron chi connectivity index (χ3n) is 11.9. The number of aromatic nitrogens is 5. The molecule has 2 fully saturated rings. The third kappa shape index (κ3) is 7.08. The lowest BCUT2D eigenvalue weighted by molar-refractivity contribution is -0.144. The van der Waals surface area contributed by atoms with Gasteiger partial charge in [-0.2, -0.15) is 13.2 Å². The van der Waals surface area contributed by atoms with E-state index in [1.165, 1.54) is 14.1 Å². The van der Waals surface area contributed by atoms with Gasteiger partial charge < -0.3 is 25.0 Å². The minimum Gasteiger partial charge on any atom is -0.481 e. The molecule has 3 aliphatic rings. The second-order valence-corrected chi connectivity index (χ2v) is 15.8. The Labute approximate surface area is 341 Å². The molecule has 18 heteroatoms. The largest absolute Gasteiger partial charge is 0.481 e. The molecule has 0 radical (unpaired) electrons. The maximum atomic E-state index is 14.0. The Kier molecular flexibility index (Phi) is 10.4. The fourth-order valence-electron chi connectivity index (χ4n) is 8.76. The number of nitrogens with one attached hydrogen (secondary N) is 2. The van der Waals surface area contributed by atoms with Crippen LogP contribution in [0.5, 0.6) is 5.88 Å². The number of hydrogen-bond acceptors (Lipinski definition) is 10. The van der Waals surface area contributed by atoms with E-state index in [1.54, 1.807) is 38.2 Å². The number of pyridine rings is 1. The highest BCUT2D eigenvalue weighted by Gasteiger charge is 2.47. The summed E-state index contributed by atoms with van der Waals surface area (Å²) in [6.45, 7) is 5.09. The van der Waals surface area contributed by atoms with Crippen LogP contribution in [0.2, 0.25) is 5.02 Å². The summed E-state index contributed by atoms with van der Waals surface area (Å²) in [4.78, 5) is 55.4. The van der Waals surface area contributed by atoms with Crippen molar-refractivity contribution in [2.75, 3.05) is 52.3 Å². The maximum Gasteiger partial charge on any atom is 0.451 e. The van der Waals surface area contributed by atoms with Crippen LogP contribution in [0.4, 0.5) is 29.5 Å². The molecule has 5 aromatic rings. The van der Waals surface area contributed by atoms with Crippen molar-refractivity contribution in [1.82, 2.24) is 39.2 Å². The van der Waals surface area contributed by atoms with Gasteiger partial charge >= 0.3 is 17.9 Å². The highest BCUT2D eigenvalue weighted by Crippen LogP contribution is 2.47. The first kappa shape index (κ1) is 40.3. The summed E-state index contributed by atoms with van der Waals surface area (Å²) in [6, 6.07) is 12.9. The van der Waals surface area contributed by atoms with E-state index in [1.807, 2.05) is 24.3 Å². The van der Waals surface area contributed by atoms with Gasteiger partial charge in [0, 0.05) is 75.8 Å². The summed E-state index contributed by atoms with van der Waals surface area (Å²) in [5, 5.41) is 6.37. The van der Waals surface area contributed by atoms with Gasteiger partial charge in [-0.25, -0.2) is 24.5 Å². The van der Waals surface area contributed by atoms with Crippen molar-refractivity contribution in [3.8, 4) is 28.3 Å². The Bertz CT molecular complexity index is 2630. The van der Waals surface area contributed by atoms with E-state index >= 15 is 0 Å². The molecule has 3 aromatic heterocycles. The first-order chi connectivity index (χ1) is 28.1. The van der Waals surface area contributed by atoms with Crippen LogP contribution in [0.25, 0.3) is 33.4 Å². The number of ether oxygens (including phenoxy) is 2. The number of urea groups is 1.